The highest BCUT2D eigenvalue weighted by Crippen LogP contribution is 2.39. The van der Waals surface area contributed by atoms with E-state index in [0.29, 0.717) is 30.1 Å². The third kappa shape index (κ3) is 3.71. The maximum atomic E-state index is 12.4. The standard InChI is InChI=1S/C18H24N2O4S/c1-4-24-18(23)14-12-7-8-20(17(22)11-5-6-11)9-13(12)25-16(14)19-15(21)10(2)3/h10-11H,4-9H2,1-3H3,(H,19,21). The van der Waals surface area contributed by atoms with Crippen molar-refractivity contribution in [3.05, 3.63) is 16.0 Å². The smallest absolute Gasteiger partial charge is 0.341 e. The van der Waals surface area contributed by atoms with E-state index >= 15 is 0 Å². The Kier molecular flexibility index (Phi) is 5.13. The lowest BCUT2D eigenvalue weighted by Gasteiger charge is -2.27. The summed E-state index contributed by atoms with van der Waals surface area (Å²) in [5, 5.41) is 3.41. The minimum Gasteiger partial charge on any atom is -0.462 e. The Labute approximate surface area is 151 Å². The van der Waals surface area contributed by atoms with Gasteiger partial charge in [0, 0.05) is 23.3 Å². The first-order valence-electron chi connectivity index (χ1n) is 8.83. The van der Waals surface area contributed by atoms with Gasteiger partial charge in [0.05, 0.1) is 18.7 Å². The van der Waals surface area contributed by atoms with Gasteiger partial charge in [-0.2, -0.15) is 0 Å². The highest BCUT2D eigenvalue weighted by atomic mass is 32.1. The lowest BCUT2D eigenvalue weighted by Crippen LogP contribution is -2.36. The van der Waals surface area contributed by atoms with E-state index in [1.54, 1.807) is 6.92 Å². The highest BCUT2D eigenvalue weighted by Gasteiger charge is 2.37. The van der Waals surface area contributed by atoms with Crippen LogP contribution < -0.4 is 5.32 Å². The molecule has 0 aromatic carbocycles. The molecule has 0 atom stereocenters. The summed E-state index contributed by atoms with van der Waals surface area (Å²) < 4.78 is 5.19. The molecule has 2 heterocycles. The fraction of sp³-hybridized carbons (Fsp3) is 0.611. The second-order valence-electron chi connectivity index (χ2n) is 6.86. The molecular formula is C18H24N2O4S. The van der Waals surface area contributed by atoms with Crippen LogP contribution in [0.5, 0.6) is 0 Å². The molecular weight excluding hydrogens is 340 g/mol. The van der Waals surface area contributed by atoms with E-state index in [-0.39, 0.29) is 30.3 Å². The summed E-state index contributed by atoms with van der Waals surface area (Å²) in [4.78, 5) is 39.7. The fourth-order valence-corrected chi connectivity index (χ4v) is 4.20. The van der Waals surface area contributed by atoms with Crippen molar-refractivity contribution in [3.8, 4) is 0 Å². The first kappa shape index (κ1) is 17.9. The average Bonchev–Trinajstić information content (AvgIpc) is 3.35. The number of thiophene rings is 1. The van der Waals surface area contributed by atoms with E-state index in [1.807, 2.05) is 18.7 Å². The normalized spacial score (nSPS) is 16.6. The van der Waals surface area contributed by atoms with Crippen LogP contribution >= 0.6 is 11.3 Å². The number of hydrogen-bond acceptors (Lipinski definition) is 5. The quantitative estimate of drug-likeness (QED) is 0.815. The molecule has 1 saturated carbocycles. The first-order valence-corrected chi connectivity index (χ1v) is 9.65. The van der Waals surface area contributed by atoms with Gasteiger partial charge in [0.25, 0.3) is 0 Å². The van der Waals surface area contributed by atoms with Crippen molar-refractivity contribution < 1.29 is 19.1 Å². The lowest BCUT2D eigenvalue weighted by atomic mass is 10.0. The summed E-state index contributed by atoms with van der Waals surface area (Å²) >= 11 is 1.39. The number of nitrogens with one attached hydrogen (secondary N) is 1. The Morgan fingerprint density at radius 1 is 1.32 bits per heavy atom. The molecule has 7 heteroatoms. The molecule has 1 aromatic heterocycles. The predicted molar refractivity (Wildman–Crippen MR) is 95.6 cm³/mol. The monoisotopic (exact) mass is 364 g/mol. The first-order chi connectivity index (χ1) is 11.9. The van der Waals surface area contributed by atoms with Crippen molar-refractivity contribution in [2.45, 2.75) is 46.6 Å². The van der Waals surface area contributed by atoms with Gasteiger partial charge in [0.1, 0.15) is 5.00 Å². The molecule has 1 aliphatic heterocycles. The number of amides is 2. The van der Waals surface area contributed by atoms with Crippen molar-refractivity contribution in [3.63, 3.8) is 0 Å². The summed E-state index contributed by atoms with van der Waals surface area (Å²) in [7, 11) is 0. The van der Waals surface area contributed by atoms with Crippen molar-refractivity contribution >= 4 is 34.1 Å². The number of rotatable bonds is 5. The molecule has 3 rings (SSSR count). The molecule has 0 spiro atoms. The summed E-state index contributed by atoms with van der Waals surface area (Å²) in [6.45, 7) is 6.79. The second-order valence-corrected chi connectivity index (χ2v) is 7.96. The van der Waals surface area contributed by atoms with Gasteiger partial charge in [-0.3, -0.25) is 9.59 Å². The Bertz CT molecular complexity index is 706. The van der Waals surface area contributed by atoms with Gasteiger partial charge < -0.3 is 15.0 Å². The lowest BCUT2D eigenvalue weighted by molar-refractivity contribution is -0.133. The third-order valence-corrected chi connectivity index (χ3v) is 5.67. The average molecular weight is 364 g/mol. The van der Waals surface area contributed by atoms with Crippen molar-refractivity contribution in [1.29, 1.82) is 0 Å². The SMILES string of the molecule is CCOC(=O)c1c(NC(=O)C(C)C)sc2c1CCN(C(=O)C1CC1)C2. The molecule has 0 saturated heterocycles. The zero-order chi connectivity index (χ0) is 18.1. The molecule has 136 valence electrons. The molecule has 1 fully saturated rings. The van der Waals surface area contributed by atoms with E-state index in [0.717, 1.165) is 23.3 Å². The topological polar surface area (TPSA) is 75.7 Å². The largest absolute Gasteiger partial charge is 0.462 e. The van der Waals surface area contributed by atoms with Gasteiger partial charge in [-0.05, 0) is 31.7 Å². The van der Waals surface area contributed by atoms with E-state index < -0.39 is 5.97 Å². The van der Waals surface area contributed by atoms with Gasteiger partial charge >= 0.3 is 5.97 Å². The molecule has 6 nitrogen and oxygen atoms in total. The van der Waals surface area contributed by atoms with Crippen LogP contribution in [-0.4, -0.2) is 35.8 Å². The van der Waals surface area contributed by atoms with Crippen molar-refractivity contribution in [2.75, 3.05) is 18.5 Å². The van der Waals surface area contributed by atoms with E-state index in [4.69, 9.17) is 4.74 Å². The number of hydrogen-bond donors (Lipinski definition) is 1. The Morgan fingerprint density at radius 2 is 2.04 bits per heavy atom. The van der Waals surface area contributed by atoms with Gasteiger partial charge in [0.2, 0.25) is 11.8 Å². The molecule has 1 aromatic rings. The fourth-order valence-electron chi connectivity index (χ4n) is 2.94. The molecule has 25 heavy (non-hydrogen) atoms. The summed E-state index contributed by atoms with van der Waals surface area (Å²) in [5.41, 5.74) is 1.39. The van der Waals surface area contributed by atoms with Crippen LogP contribution in [0.25, 0.3) is 0 Å². The maximum Gasteiger partial charge on any atom is 0.341 e. The maximum absolute atomic E-state index is 12.4. The predicted octanol–water partition coefficient (Wildman–Crippen LogP) is 2.81. The zero-order valence-corrected chi connectivity index (χ0v) is 15.7. The summed E-state index contributed by atoms with van der Waals surface area (Å²) in [6, 6.07) is 0. The number of fused-ring (bicyclic) bond motifs is 1. The van der Waals surface area contributed by atoms with Crippen LogP contribution in [0.15, 0.2) is 0 Å². The van der Waals surface area contributed by atoms with Gasteiger partial charge in [0.15, 0.2) is 0 Å². The third-order valence-electron chi connectivity index (χ3n) is 4.54. The zero-order valence-electron chi connectivity index (χ0n) is 14.9. The number of anilines is 1. The Hall–Kier alpha value is -1.89. The van der Waals surface area contributed by atoms with Crippen LogP contribution in [0.3, 0.4) is 0 Å². The molecule has 1 N–H and O–H groups in total. The molecule has 0 unspecified atom stereocenters. The van der Waals surface area contributed by atoms with Crippen LogP contribution in [-0.2, 0) is 27.3 Å². The minimum absolute atomic E-state index is 0.130. The molecule has 0 bridgehead atoms. The number of carbonyl (C=O) groups excluding carboxylic acids is 3. The Morgan fingerprint density at radius 3 is 2.64 bits per heavy atom. The highest BCUT2D eigenvalue weighted by molar-refractivity contribution is 7.17. The van der Waals surface area contributed by atoms with Gasteiger partial charge in [-0.15, -0.1) is 11.3 Å². The minimum atomic E-state index is -0.402. The number of esters is 1. The summed E-state index contributed by atoms with van der Waals surface area (Å²) in [6.07, 6.45) is 2.59. The summed E-state index contributed by atoms with van der Waals surface area (Å²) in [5.74, 6) is -0.311. The number of carbonyl (C=O) groups is 3. The van der Waals surface area contributed by atoms with Gasteiger partial charge in [-0.25, -0.2) is 4.79 Å². The Balaban J connectivity index is 1.89. The second kappa shape index (κ2) is 7.15. The van der Waals surface area contributed by atoms with Crippen LogP contribution in [0, 0.1) is 11.8 Å². The van der Waals surface area contributed by atoms with Crippen molar-refractivity contribution in [2.24, 2.45) is 11.8 Å². The number of nitrogens with zero attached hydrogens (tertiary/aromatic N) is 1. The van der Waals surface area contributed by atoms with Crippen LogP contribution in [0.1, 0.15) is 54.4 Å². The van der Waals surface area contributed by atoms with Gasteiger partial charge in [-0.1, -0.05) is 13.8 Å². The molecule has 2 aliphatic rings. The van der Waals surface area contributed by atoms with Crippen LogP contribution in [0.2, 0.25) is 0 Å². The molecule has 1 aliphatic carbocycles. The number of ether oxygens (including phenoxy) is 1. The molecule has 0 radical (unpaired) electrons. The van der Waals surface area contributed by atoms with Crippen molar-refractivity contribution in [1.82, 2.24) is 4.90 Å². The van der Waals surface area contributed by atoms with E-state index in [2.05, 4.69) is 5.32 Å². The van der Waals surface area contributed by atoms with Crippen LogP contribution in [0.4, 0.5) is 5.00 Å². The van der Waals surface area contributed by atoms with E-state index in [9.17, 15) is 14.4 Å². The van der Waals surface area contributed by atoms with E-state index in [1.165, 1.54) is 11.3 Å². The molecule has 2 amide bonds.